The van der Waals surface area contributed by atoms with Gasteiger partial charge in [0.2, 0.25) is 0 Å². The molecule has 0 atom stereocenters. The molecule has 0 spiro atoms. The van der Waals surface area contributed by atoms with Gasteiger partial charge in [0.05, 0.1) is 13.2 Å². The normalized spacial score (nSPS) is 10.8. The van der Waals surface area contributed by atoms with Crippen LogP contribution in [0.3, 0.4) is 0 Å². The SMILES string of the molecule is Cc1ccc(OCCCCOc2cccc3ccc(C)nc23)c(C)c1. The molecule has 0 aliphatic rings. The highest BCUT2D eigenvalue weighted by molar-refractivity contribution is 5.84. The molecule has 0 radical (unpaired) electrons. The van der Waals surface area contributed by atoms with E-state index >= 15 is 0 Å². The van der Waals surface area contributed by atoms with Crippen LogP contribution in [0.2, 0.25) is 0 Å². The number of unbranched alkanes of at least 4 members (excludes halogenated alkanes) is 1. The lowest BCUT2D eigenvalue weighted by atomic mass is 10.1. The Morgan fingerprint density at radius 3 is 2.32 bits per heavy atom. The highest BCUT2D eigenvalue weighted by atomic mass is 16.5. The number of para-hydroxylation sites is 1. The maximum absolute atomic E-state index is 5.95. The van der Waals surface area contributed by atoms with Crippen LogP contribution in [-0.2, 0) is 0 Å². The summed E-state index contributed by atoms with van der Waals surface area (Å²) >= 11 is 0. The van der Waals surface area contributed by atoms with Crippen LogP contribution in [0.1, 0.15) is 29.7 Å². The number of hydrogen-bond acceptors (Lipinski definition) is 3. The molecule has 3 aromatic rings. The summed E-state index contributed by atoms with van der Waals surface area (Å²) in [7, 11) is 0. The Hall–Kier alpha value is -2.55. The van der Waals surface area contributed by atoms with Crippen molar-refractivity contribution in [1.82, 2.24) is 4.98 Å². The molecular formula is C22H25NO2. The first-order valence-electron chi connectivity index (χ1n) is 8.83. The van der Waals surface area contributed by atoms with Crippen LogP contribution in [0.5, 0.6) is 11.5 Å². The minimum Gasteiger partial charge on any atom is -0.493 e. The molecule has 0 amide bonds. The topological polar surface area (TPSA) is 31.4 Å². The lowest BCUT2D eigenvalue weighted by Gasteiger charge is -2.11. The molecule has 25 heavy (non-hydrogen) atoms. The number of pyridine rings is 1. The summed E-state index contributed by atoms with van der Waals surface area (Å²) in [5.74, 6) is 1.83. The van der Waals surface area contributed by atoms with Gasteiger partial charge in [-0.15, -0.1) is 0 Å². The van der Waals surface area contributed by atoms with Crippen LogP contribution >= 0.6 is 0 Å². The Morgan fingerprint density at radius 1 is 0.800 bits per heavy atom. The average molecular weight is 335 g/mol. The number of ether oxygens (including phenoxy) is 2. The summed E-state index contributed by atoms with van der Waals surface area (Å²) in [5, 5.41) is 1.11. The van der Waals surface area contributed by atoms with E-state index in [4.69, 9.17) is 9.47 Å². The Morgan fingerprint density at radius 2 is 1.56 bits per heavy atom. The van der Waals surface area contributed by atoms with E-state index in [9.17, 15) is 0 Å². The molecule has 0 saturated carbocycles. The molecule has 2 aromatic carbocycles. The third-order valence-corrected chi connectivity index (χ3v) is 4.21. The largest absolute Gasteiger partial charge is 0.493 e. The van der Waals surface area contributed by atoms with Gasteiger partial charge >= 0.3 is 0 Å². The van der Waals surface area contributed by atoms with E-state index in [2.05, 4.69) is 43.1 Å². The first-order valence-corrected chi connectivity index (χ1v) is 8.83. The van der Waals surface area contributed by atoms with Crippen molar-refractivity contribution in [3.63, 3.8) is 0 Å². The van der Waals surface area contributed by atoms with E-state index in [1.807, 2.05) is 31.2 Å². The van der Waals surface area contributed by atoms with Gasteiger partial charge in [0.25, 0.3) is 0 Å². The number of nitrogens with zero attached hydrogens (tertiary/aromatic N) is 1. The van der Waals surface area contributed by atoms with Crippen LogP contribution in [0, 0.1) is 20.8 Å². The minimum atomic E-state index is 0.672. The molecular weight excluding hydrogens is 310 g/mol. The summed E-state index contributed by atoms with van der Waals surface area (Å²) in [6.45, 7) is 7.56. The number of fused-ring (bicyclic) bond motifs is 1. The molecule has 0 unspecified atom stereocenters. The molecule has 0 aliphatic heterocycles. The molecule has 1 heterocycles. The summed E-state index contributed by atoms with van der Waals surface area (Å²) in [6, 6.07) is 16.4. The smallest absolute Gasteiger partial charge is 0.145 e. The van der Waals surface area contributed by atoms with Gasteiger partial charge in [-0.3, -0.25) is 0 Å². The first kappa shape index (κ1) is 17.3. The molecule has 3 nitrogen and oxygen atoms in total. The summed E-state index contributed by atoms with van der Waals surface area (Å²) in [5.41, 5.74) is 4.39. The highest BCUT2D eigenvalue weighted by Gasteiger charge is 2.04. The Bertz CT molecular complexity index is 858. The number of benzene rings is 2. The fourth-order valence-electron chi connectivity index (χ4n) is 2.86. The van der Waals surface area contributed by atoms with Crippen molar-refractivity contribution in [3.05, 3.63) is 65.4 Å². The van der Waals surface area contributed by atoms with Gasteiger partial charge in [0.1, 0.15) is 17.0 Å². The number of hydrogen-bond donors (Lipinski definition) is 0. The first-order chi connectivity index (χ1) is 12.1. The second-order valence-corrected chi connectivity index (χ2v) is 6.45. The lowest BCUT2D eigenvalue weighted by molar-refractivity contribution is 0.267. The van der Waals surface area contributed by atoms with E-state index in [1.54, 1.807) is 0 Å². The third kappa shape index (κ3) is 4.50. The second kappa shape index (κ2) is 8.02. The average Bonchev–Trinajstić information content (AvgIpc) is 2.59. The van der Waals surface area contributed by atoms with Gasteiger partial charge < -0.3 is 9.47 Å². The summed E-state index contributed by atoms with van der Waals surface area (Å²) in [6.07, 6.45) is 1.91. The Kier molecular flexibility index (Phi) is 5.54. The zero-order chi connectivity index (χ0) is 17.6. The van der Waals surface area contributed by atoms with Crippen molar-refractivity contribution in [2.24, 2.45) is 0 Å². The molecule has 1 aromatic heterocycles. The van der Waals surface area contributed by atoms with Gasteiger partial charge in [-0.05, 0) is 57.4 Å². The molecule has 0 N–H and O–H groups in total. The monoisotopic (exact) mass is 335 g/mol. The highest BCUT2D eigenvalue weighted by Crippen LogP contribution is 2.24. The van der Waals surface area contributed by atoms with Crippen LogP contribution in [0.15, 0.2) is 48.5 Å². The number of aryl methyl sites for hydroxylation is 3. The van der Waals surface area contributed by atoms with Crippen LogP contribution in [-0.4, -0.2) is 18.2 Å². The molecule has 3 rings (SSSR count). The fourth-order valence-corrected chi connectivity index (χ4v) is 2.86. The van der Waals surface area contributed by atoms with Gasteiger partial charge in [-0.1, -0.05) is 35.9 Å². The van der Waals surface area contributed by atoms with Crippen molar-refractivity contribution < 1.29 is 9.47 Å². The third-order valence-electron chi connectivity index (χ3n) is 4.21. The maximum Gasteiger partial charge on any atom is 0.145 e. The molecule has 0 fully saturated rings. The van der Waals surface area contributed by atoms with Crippen LogP contribution in [0.25, 0.3) is 10.9 Å². The van der Waals surface area contributed by atoms with Gasteiger partial charge in [-0.2, -0.15) is 0 Å². The van der Waals surface area contributed by atoms with Gasteiger partial charge in [0, 0.05) is 11.1 Å². The molecule has 130 valence electrons. The van der Waals surface area contributed by atoms with Crippen molar-refractivity contribution >= 4 is 10.9 Å². The zero-order valence-electron chi connectivity index (χ0n) is 15.2. The maximum atomic E-state index is 5.95. The predicted octanol–water partition coefficient (Wildman–Crippen LogP) is 5.40. The Balaban J connectivity index is 1.47. The zero-order valence-corrected chi connectivity index (χ0v) is 15.2. The van der Waals surface area contributed by atoms with Crippen molar-refractivity contribution in [2.45, 2.75) is 33.6 Å². The van der Waals surface area contributed by atoms with E-state index in [-0.39, 0.29) is 0 Å². The molecule has 3 heteroatoms. The Labute approximate surface area is 149 Å². The molecule has 0 saturated heterocycles. The van der Waals surface area contributed by atoms with Crippen LogP contribution < -0.4 is 9.47 Å². The molecule has 0 bridgehead atoms. The number of aromatic nitrogens is 1. The van der Waals surface area contributed by atoms with Crippen molar-refractivity contribution in [1.29, 1.82) is 0 Å². The van der Waals surface area contributed by atoms with Crippen molar-refractivity contribution in [3.8, 4) is 11.5 Å². The van der Waals surface area contributed by atoms with E-state index in [0.717, 1.165) is 40.9 Å². The predicted molar refractivity (Wildman–Crippen MR) is 103 cm³/mol. The van der Waals surface area contributed by atoms with E-state index < -0.39 is 0 Å². The second-order valence-electron chi connectivity index (χ2n) is 6.45. The summed E-state index contributed by atoms with van der Waals surface area (Å²) < 4.78 is 11.8. The lowest BCUT2D eigenvalue weighted by Crippen LogP contribution is -2.04. The minimum absolute atomic E-state index is 0.672. The van der Waals surface area contributed by atoms with Crippen LogP contribution in [0.4, 0.5) is 0 Å². The van der Waals surface area contributed by atoms with E-state index in [1.165, 1.54) is 11.1 Å². The quantitative estimate of drug-likeness (QED) is 0.542. The molecule has 0 aliphatic carbocycles. The van der Waals surface area contributed by atoms with Crippen molar-refractivity contribution in [2.75, 3.05) is 13.2 Å². The van der Waals surface area contributed by atoms with Gasteiger partial charge in [-0.25, -0.2) is 4.98 Å². The number of rotatable bonds is 7. The van der Waals surface area contributed by atoms with Gasteiger partial charge in [0.15, 0.2) is 0 Å². The van der Waals surface area contributed by atoms with E-state index in [0.29, 0.717) is 13.2 Å². The summed E-state index contributed by atoms with van der Waals surface area (Å²) in [4.78, 5) is 4.60. The fraction of sp³-hybridized carbons (Fsp3) is 0.318. The standard InChI is InChI=1S/C22H25NO2/c1-16-9-12-20(17(2)15-16)24-13-4-5-14-25-21-8-6-7-19-11-10-18(3)23-22(19)21/h6-12,15H,4-5,13-14H2,1-3H3.